The summed E-state index contributed by atoms with van der Waals surface area (Å²) in [6, 6.07) is 29.4. The molecule has 6 heteroatoms. The predicted octanol–water partition coefficient (Wildman–Crippen LogP) is 5.97. The van der Waals surface area contributed by atoms with Crippen LogP contribution in [0.3, 0.4) is 0 Å². The van der Waals surface area contributed by atoms with Crippen molar-refractivity contribution in [3.05, 3.63) is 96.6 Å². The van der Waals surface area contributed by atoms with Crippen LogP contribution in [0.15, 0.2) is 95.9 Å². The van der Waals surface area contributed by atoms with E-state index in [0.29, 0.717) is 16.5 Å². The van der Waals surface area contributed by atoms with Gasteiger partial charge in [-0.1, -0.05) is 66.2 Å². The Kier molecular flexibility index (Phi) is 5.06. The number of nitrogens with one attached hydrogen (secondary N) is 2. The maximum atomic E-state index is 13.0. The second kappa shape index (κ2) is 8.16. The van der Waals surface area contributed by atoms with Crippen LogP contribution in [0.4, 0.5) is 17.3 Å². The summed E-state index contributed by atoms with van der Waals surface area (Å²) in [5, 5.41) is 5.60. The Balaban J connectivity index is 1.57. The van der Waals surface area contributed by atoms with Crippen LogP contribution >= 0.6 is 0 Å². The fourth-order valence-corrected chi connectivity index (χ4v) is 4.25. The van der Waals surface area contributed by atoms with Gasteiger partial charge in [0.25, 0.3) is 0 Å². The summed E-state index contributed by atoms with van der Waals surface area (Å²) in [6.07, 6.45) is 0. The van der Waals surface area contributed by atoms with Crippen molar-refractivity contribution >= 4 is 50.1 Å². The van der Waals surface area contributed by atoms with Crippen LogP contribution in [0.25, 0.3) is 21.8 Å². The number of para-hydroxylation sites is 2. The average Bonchev–Trinajstić information content (AvgIpc) is 2.80. The SMILES string of the molecule is Cc1ccc(S(=O)Nc2nc3ccccc3nc2Nc2cccc3ccccc23)cc1. The van der Waals surface area contributed by atoms with E-state index < -0.39 is 11.0 Å². The molecule has 0 bridgehead atoms. The Morgan fingerprint density at radius 2 is 1.35 bits per heavy atom. The fourth-order valence-electron chi connectivity index (χ4n) is 3.43. The Bertz CT molecular complexity index is 1410. The molecule has 4 aromatic carbocycles. The highest BCUT2D eigenvalue weighted by atomic mass is 32.2. The Morgan fingerprint density at radius 1 is 0.710 bits per heavy atom. The van der Waals surface area contributed by atoms with Crippen molar-refractivity contribution in [3.63, 3.8) is 0 Å². The lowest BCUT2D eigenvalue weighted by molar-refractivity contribution is 0.686. The first-order valence-electron chi connectivity index (χ1n) is 9.94. The number of fused-ring (bicyclic) bond motifs is 2. The zero-order valence-electron chi connectivity index (χ0n) is 16.9. The van der Waals surface area contributed by atoms with Gasteiger partial charge in [-0.05, 0) is 42.6 Å². The van der Waals surface area contributed by atoms with Gasteiger partial charge in [-0.15, -0.1) is 0 Å². The second-order valence-electron chi connectivity index (χ2n) is 7.25. The minimum absolute atomic E-state index is 0.436. The van der Waals surface area contributed by atoms with Crippen molar-refractivity contribution < 1.29 is 4.21 Å². The molecule has 0 fully saturated rings. The summed E-state index contributed by atoms with van der Waals surface area (Å²) in [7, 11) is -1.47. The van der Waals surface area contributed by atoms with E-state index in [1.165, 1.54) is 0 Å². The third-order valence-electron chi connectivity index (χ3n) is 5.04. The monoisotopic (exact) mass is 424 g/mol. The first kappa shape index (κ1) is 19.2. The highest BCUT2D eigenvalue weighted by Crippen LogP contribution is 2.30. The molecule has 0 aliphatic heterocycles. The molecule has 0 saturated heterocycles. The highest BCUT2D eigenvalue weighted by Gasteiger charge is 2.14. The number of hydrogen-bond acceptors (Lipinski definition) is 4. The van der Waals surface area contributed by atoms with E-state index in [-0.39, 0.29) is 0 Å². The molecule has 0 spiro atoms. The molecular weight excluding hydrogens is 404 g/mol. The Hall–Kier alpha value is -3.77. The number of rotatable bonds is 5. The Morgan fingerprint density at radius 3 is 2.13 bits per heavy atom. The summed E-state index contributed by atoms with van der Waals surface area (Å²) >= 11 is 0. The van der Waals surface area contributed by atoms with Crippen LogP contribution in [0.1, 0.15) is 5.56 Å². The van der Waals surface area contributed by atoms with Crippen LogP contribution in [-0.4, -0.2) is 14.2 Å². The van der Waals surface area contributed by atoms with Gasteiger partial charge in [-0.25, -0.2) is 14.2 Å². The smallest absolute Gasteiger partial charge is 0.182 e. The molecular formula is C25H20N4OS. The molecule has 1 heterocycles. The second-order valence-corrected chi connectivity index (χ2v) is 8.46. The predicted molar refractivity (Wildman–Crippen MR) is 128 cm³/mol. The van der Waals surface area contributed by atoms with E-state index in [4.69, 9.17) is 9.97 Å². The van der Waals surface area contributed by atoms with Crippen molar-refractivity contribution in [2.45, 2.75) is 11.8 Å². The lowest BCUT2D eigenvalue weighted by Gasteiger charge is -2.14. The number of hydrogen-bond donors (Lipinski definition) is 2. The molecule has 0 amide bonds. The van der Waals surface area contributed by atoms with E-state index >= 15 is 0 Å². The van der Waals surface area contributed by atoms with E-state index in [1.807, 2.05) is 79.7 Å². The average molecular weight is 425 g/mol. The molecule has 0 saturated carbocycles. The van der Waals surface area contributed by atoms with Gasteiger partial charge in [-0.2, -0.15) is 0 Å². The largest absolute Gasteiger partial charge is 0.337 e. The number of benzene rings is 4. The van der Waals surface area contributed by atoms with Gasteiger partial charge in [0, 0.05) is 11.1 Å². The number of nitrogens with zero attached hydrogens (tertiary/aromatic N) is 2. The van der Waals surface area contributed by atoms with E-state index in [9.17, 15) is 4.21 Å². The molecule has 0 radical (unpaired) electrons. The molecule has 152 valence electrons. The summed E-state index contributed by atoms with van der Waals surface area (Å²) in [4.78, 5) is 10.2. The van der Waals surface area contributed by atoms with Crippen LogP contribution in [0.2, 0.25) is 0 Å². The molecule has 5 aromatic rings. The number of aromatic nitrogens is 2. The Labute approximate surface area is 182 Å². The standard InChI is InChI=1S/C25H20N4OS/c1-17-13-15-19(16-14-17)31(30)29-25-24(27-22-10-4-5-11-23(22)28-25)26-21-12-6-8-18-7-2-3-9-20(18)21/h2-16H,1H3,(H,26,27)(H,28,29). The molecule has 5 nitrogen and oxygen atoms in total. The number of aryl methyl sites for hydroxylation is 1. The molecule has 0 aliphatic rings. The molecule has 2 N–H and O–H groups in total. The molecule has 1 unspecified atom stereocenters. The zero-order valence-corrected chi connectivity index (χ0v) is 17.7. The molecule has 5 rings (SSSR count). The van der Waals surface area contributed by atoms with E-state index in [2.05, 4.69) is 28.2 Å². The summed E-state index contributed by atoms with van der Waals surface area (Å²) in [5.74, 6) is 0.959. The maximum Gasteiger partial charge on any atom is 0.182 e. The van der Waals surface area contributed by atoms with Crippen LogP contribution in [0.5, 0.6) is 0 Å². The summed E-state index contributed by atoms with van der Waals surface area (Å²) < 4.78 is 16.0. The first-order valence-corrected chi connectivity index (χ1v) is 11.1. The third kappa shape index (κ3) is 3.98. The normalized spacial score (nSPS) is 12.0. The van der Waals surface area contributed by atoms with Gasteiger partial charge in [0.05, 0.1) is 15.9 Å². The highest BCUT2D eigenvalue weighted by molar-refractivity contribution is 7.86. The topological polar surface area (TPSA) is 66.9 Å². The van der Waals surface area contributed by atoms with Gasteiger partial charge in [0.15, 0.2) is 22.6 Å². The molecule has 1 aromatic heterocycles. The maximum absolute atomic E-state index is 13.0. The fraction of sp³-hybridized carbons (Fsp3) is 0.0400. The lowest BCUT2D eigenvalue weighted by Crippen LogP contribution is -2.10. The first-order chi connectivity index (χ1) is 15.2. The van der Waals surface area contributed by atoms with Crippen molar-refractivity contribution in [1.29, 1.82) is 0 Å². The van der Waals surface area contributed by atoms with Gasteiger partial charge >= 0.3 is 0 Å². The van der Waals surface area contributed by atoms with Crippen molar-refractivity contribution in [3.8, 4) is 0 Å². The quantitative estimate of drug-likeness (QED) is 0.365. The van der Waals surface area contributed by atoms with Crippen LogP contribution < -0.4 is 10.0 Å². The van der Waals surface area contributed by atoms with E-state index in [0.717, 1.165) is 33.1 Å². The van der Waals surface area contributed by atoms with E-state index in [1.54, 1.807) is 0 Å². The zero-order chi connectivity index (χ0) is 21.2. The lowest BCUT2D eigenvalue weighted by atomic mass is 10.1. The minimum atomic E-state index is -1.47. The van der Waals surface area contributed by atoms with Crippen LogP contribution in [-0.2, 0) is 11.0 Å². The van der Waals surface area contributed by atoms with Gasteiger partial charge < -0.3 is 5.32 Å². The molecule has 31 heavy (non-hydrogen) atoms. The van der Waals surface area contributed by atoms with Crippen molar-refractivity contribution in [2.75, 3.05) is 10.0 Å². The van der Waals surface area contributed by atoms with Crippen molar-refractivity contribution in [1.82, 2.24) is 9.97 Å². The van der Waals surface area contributed by atoms with Gasteiger partial charge in [-0.3, -0.25) is 4.72 Å². The number of anilines is 3. The third-order valence-corrected chi connectivity index (χ3v) is 6.12. The minimum Gasteiger partial charge on any atom is -0.337 e. The summed E-state index contributed by atoms with van der Waals surface area (Å²) in [6.45, 7) is 2.00. The summed E-state index contributed by atoms with van der Waals surface area (Å²) in [5.41, 5.74) is 3.52. The van der Waals surface area contributed by atoms with Gasteiger partial charge in [0.2, 0.25) is 0 Å². The van der Waals surface area contributed by atoms with Crippen LogP contribution in [0, 0.1) is 6.92 Å². The molecule has 0 aliphatic carbocycles. The van der Waals surface area contributed by atoms with Crippen molar-refractivity contribution in [2.24, 2.45) is 0 Å². The molecule has 1 atom stereocenters. The van der Waals surface area contributed by atoms with Gasteiger partial charge in [0.1, 0.15) is 0 Å².